The van der Waals surface area contributed by atoms with Gasteiger partial charge in [-0.3, -0.25) is 52.3 Å². The normalized spacial score (nSPS) is 20.7. The van der Waals surface area contributed by atoms with Crippen LogP contribution in [0, 0.1) is 139 Å². The summed E-state index contributed by atoms with van der Waals surface area (Å²) < 4.78 is 172. The number of Topliss-reactive ketones (excluding diaryl/α,β-unsaturated/α-hetero) is 4. The van der Waals surface area contributed by atoms with Gasteiger partial charge in [-0.05, 0) is 213 Å². The van der Waals surface area contributed by atoms with Gasteiger partial charge in [0.15, 0.2) is 63.5 Å². The average molecular weight is 1820 g/mol. The van der Waals surface area contributed by atoms with E-state index in [4.69, 9.17) is 31.9 Å². The number of rotatable bonds is 15. The number of aromatic carboxylic acids is 1. The van der Waals surface area contributed by atoms with Crippen molar-refractivity contribution in [2.45, 2.75) is 125 Å². The van der Waals surface area contributed by atoms with Gasteiger partial charge in [0.1, 0.15) is 46.5 Å². The first-order valence-corrected chi connectivity index (χ1v) is 41.5. The molecule has 0 spiro atoms. The molecule has 4 aromatic heterocycles. The number of carbonyl (C=O) groups is 8. The minimum absolute atomic E-state index is 0.00435. The molecule has 25 nitrogen and oxygen atoms in total. The van der Waals surface area contributed by atoms with Crippen molar-refractivity contribution in [3.63, 3.8) is 0 Å². The number of nitrogens with zero attached hydrogens (tertiary/aromatic N) is 12. The number of carbonyl (C=O) groups excluding carboxylic acids is 7. The van der Waals surface area contributed by atoms with E-state index in [1.165, 1.54) is 43.0 Å². The first-order valence-electron chi connectivity index (χ1n) is 41.5. The van der Waals surface area contributed by atoms with Crippen LogP contribution >= 0.6 is 0 Å². The number of benzene rings is 8. The maximum absolute atomic E-state index is 14.5. The number of aromatic nitrogens is 8. The van der Waals surface area contributed by atoms with E-state index >= 15 is 0 Å². The second kappa shape index (κ2) is 37.4. The summed E-state index contributed by atoms with van der Waals surface area (Å²) in [5.41, 5.74) is 11.3. The second-order valence-electron chi connectivity index (χ2n) is 33.4. The highest BCUT2D eigenvalue weighted by atomic mass is 19.2. The Bertz CT molecular complexity index is 6510. The number of hydrogen-bond donors (Lipinski definition) is 5. The van der Waals surface area contributed by atoms with Crippen molar-refractivity contribution in [3.05, 3.63) is 352 Å². The Labute approximate surface area is 746 Å². The van der Waals surface area contributed by atoms with Gasteiger partial charge in [0, 0.05) is 49.9 Å². The van der Waals surface area contributed by atoms with Gasteiger partial charge in [-0.2, -0.15) is 41.4 Å². The van der Waals surface area contributed by atoms with Gasteiger partial charge in [-0.1, -0.05) is 48.5 Å². The van der Waals surface area contributed by atoms with Gasteiger partial charge in [-0.15, -0.1) is 0 Å². The van der Waals surface area contributed by atoms with E-state index in [2.05, 4.69) is 36.3 Å². The average Bonchev–Trinajstić information content (AvgIpc) is 1.58. The van der Waals surface area contributed by atoms with E-state index in [9.17, 15) is 91.0 Å². The molecule has 0 aliphatic heterocycles. The van der Waals surface area contributed by atoms with Crippen LogP contribution < -0.4 is 21.7 Å². The number of nitrogens with two attached hydrogens (primary N) is 1. The Morgan fingerprint density at radius 2 is 0.586 bits per heavy atom. The van der Waals surface area contributed by atoms with Gasteiger partial charge in [-0.25, -0.2) is 57.5 Å². The molecule has 8 aromatic carbocycles. The molecule has 672 valence electrons. The number of ketones is 4. The summed E-state index contributed by atoms with van der Waals surface area (Å²) in [6.45, 7) is 0.645. The van der Waals surface area contributed by atoms with Gasteiger partial charge < -0.3 is 26.8 Å². The summed E-state index contributed by atoms with van der Waals surface area (Å²) in [5.74, 6) is -15.9. The Balaban J connectivity index is 0.000000124. The standard InChI is InChI=1S/3C24H17F3N4O2.C12H11F2NO.C12H8FN3O2/c3*25-14-5-15-16-7-18(16)22(21(32)8-17(15)19(26)6-14)29-24(33)23-20(27)11-31(30-23)10-13-3-1-2-12(4-13)9-28;13-5-1-6-7-3-9(7)12(15)11(16)4-8(6)10(14)2-5;13-10-7-16(15-11(10)12(17)18)6-9-3-1-2-8(4-9)5-14/h3*1-6,11,16,18,22H,7-8,10H2,(H,29,33);1-2,7,9,12H,3-4,15H2;1-4,7H,6H2,(H,17,18)/t16-,18?,22+;2*16-,18?,22-;7-,9?,12-;/m0000./s1. The summed E-state index contributed by atoms with van der Waals surface area (Å²) in [4.78, 5) is 98.9. The highest BCUT2D eigenvalue weighted by molar-refractivity contribution is 6.00. The number of carboxylic acids is 1. The first kappa shape index (κ1) is 90.6. The Kier molecular flexibility index (Phi) is 25.5. The molecule has 12 atom stereocenters. The smallest absolute Gasteiger partial charge is 0.359 e. The summed E-state index contributed by atoms with van der Waals surface area (Å²) in [5, 5.41) is 67.7. The van der Waals surface area contributed by atoms with Crippen molar-refractivity contribution >= 4 is 46.8 Å². The largest absolute Gasteiger partial charge is 0.476 e. The Morgan fingerprint density at radius 3 is 0.842 bits per heavy atom. The zero-order valence-corrected chi connectivity index (χ0v) is 69.3. The number of amides is 3. The van der Waals surface area contributed by atoms with Crippen molar-refractivity contribution in [3.8, 4) is 24.3 Å². The van der Waals surface area contributed by atoms with Crippen molar-refractivity contribution in [1.29, 1.82) is 21.0 Å². The molecule has 8 aliphatic rings. The van der Waals surface area contributed by atoms with E-state index < -0.39 is 158 Å². The lowest BCUT2D eigenvalue weighted by atomic mass is 9.99. The lowest BCUT2D eigenvalue weighted by molar-refractivity contribution is -0.121. The molecule has 6 N–H and O–H groups in total. The fraction of sp³-hybridized carbons (Fsp3) is 0.250. The molecule has 3 amide bonds. The predicted molar refractivity (Wildman–Crippen MR) is 442 cm³/mol. The van der Waals surface area contributed by atoms with Crippen LogP contribution in [0.3, 0.4) is 0 Å². The molecular formula is C96H70F12N16O9. The van der Waals surface area contributed by atoms with Gasteiger partial charge >= 0.3 is 5.97 Å². The third kappa shape index (κ3) is 19.9. The SMILES string of the molecule is N#Cc1cccc(Cn2cc(F)c(C(=O)N[C@@H]3C(=O)Cc4c(F)cc(F)cc4[C@@H]4CC34)n2)c1.N#Cc1cccc(Cn2cc(F)c(C(=O)N[C@@H]3C(=O)Cc4c(F)cc(F)cc4[C@@H]4CC34)n2)c1.N#Cc1cccc(Cn2cc(F)c(C(=O)N[C@H]3C(=O)Cc4c(F)cc(F)cc4[C@@H]4CC34)n2)c1.N#Cc1cccc(Cn2cc(F)c(C(=O)O)n2)c1.N[C@@H]1C(=O)Cc2c(F)cc(F)cc2[C@@H]2CC12. The van der Waals surface area contributed by atoms with Crippen LogP contribution in [-0.2, 0) is 71.0 Å². The zero-order chi connectivity index (χ0) is 94.4. The van der Waals surface area contributed by atoms with E-state index in [0.717, 1.165) is 61.0 Å². The third-order valence-corrected chi connectivity index (χ3v) is 24.5. The molecule has 37 heteroatoms. The quantitative estimate of drug-likeness (QED) is 0.0595. The minimum atomic E-state index is -1.41. The van der Waals surface area contributed by atoms with Crippen molar-refractivity contribution in [1.82, 2.24) is 55.1 Å². The van der Waals surface area contributed by atoms with Crippen LogP contribution in [0.2, 0.25) is 0 Å². The summed E-state index contributed by atoms with van der Waals surface area (Å²) in [6, 6.07) is 39.7. The molecule has 0 saturated heterocycles. The highest BCUT2D eigenvalue weighted by Crippen LogP contribution is 2.57. The fourth-order valence-electron chi connectivity index (χ4n) is 17.9. The van der Waals surface area contributed by atoms with Crippen molar-refractivity contribution in [2.24, 2.45) is 29.4 Å². The first-order chi connectivity index (χ1) is 63.7. The molecule has 4 heterocycles. The van der Waals surface area contributed by atoms with Gasteiger partial charge in [0.05, 0.1) is 122 Å². The molecule has 0 bridgehead atoms. The molecule has 12 aromatic rings. The molecular weight excluding hydrogens is 1750 g/mol. The monoisotopic (exact) mass is 1820 g/mol. The Morgan fingerprint density at radius 1 is 0.346 bits per heavy atom. The van der Waals surface area contributed by atoms with Crippen LogP contribution in [0.1, 0.15) is 180 Å². The van der Waals surface area contributed by atoms with Crippen LogP contribution in [0.25, 0.3) is 0 Å². The maximum atomic E-state index is 14.5. The van der Waals surface area contributed by atoms with Crippen LogP contribution in [0.4, 0.5) is 52.7 Å². The van der Waals surface area contributed by atoms with Crippen molar-refractivity contribution < 1.29 is 96.1 Å². The summed E-state index contributed by atoms with van der Waals surface area (Å²) in [7, 11) is 0. The molecule has 4 saturated carbocycles. The second-order valence-corrected chi connectivity index (χ2v) is 33.4. The predicted octanol–water partition coefficient (Wildman–Crippen LogP) is 12.9. The molecule has 133 heavy (non-hydrogen) atoms. The van der Waals surface area contributed by atoms with E-state index in [1.54, 1.807) is 97.1 Å². The molecule has 20 rings (SSSR count). The lowest BCUT2D eigenvalue weighted by Crippen LogP contribution is -2.43. The zero-order valence-electron chi connectivity index (χ0n) is 69.3. The van der Waals surface area contributed by atoms with E-state index in [0.29, 0.717) is 86.0 Å². The topological polar surface area (TPSA) is 385 Å². The number of nitriles is 4. The lowest BCUT2D eigenvalue weighted by Gasteiger charge is -2.15. The fourth-order valence-corrected chi connectivity index (χ4v) is 17.9. The summed E-state index contributed by atoms with van der Waals surface area (Å²) in [6.07, 6.45) is 5.66. The van der Waals surface area contributed by atoms with E-state index in [-0.39, 0.29) is 122 Å². The molecule has 0 radical (unpaired) electrons. The van der Waals surface area contributed by atoms with Gasteiger partial charge in [0.25, 0.3) is 17.7 Å². The van der Waals surface area contributed by atoms with Gasteiger partial charge in [0.2, 0.25) is 5.69 Å². The number of carboxylic acid groups (broad SMARTS) is 1. The molecule has 4 fully saturated rings. The highest BCUT2D eigenvalue weighted by Gasteiger charge is 2.55. The van der Waals surface area contributed by atoms with Crippen LogP contribution in [-0.4, -0.2) is 115 Å². The maximum Gasteiger partial charge on any atom is 0.359 e. The summed E-state index contributed by atoms with van der Waals surface area (Å²) >= 11 is 0. The minimum Gasteiger partial charge on any atom is -0.476 e. The molecule has 4 unspecified atom stereocenters. The van der Waals surface area contributed by atoms with Crippen molar-refractivity contribution in [2.75, 3.05) is 0 Å². The number of hydrogen-bond acceptors (Lipinski definition) is 17. The van der Waals surface area contributed by atoms with Crippen LogP contribution in [0.5, 0.6) is 0 Å². The number of nitrogens with one attached hydrogen (secondary N) is 3. The van der Waals surface area contributed by atoms with E-state index in [1.807, 2.05) is 24.3 Å². The number of fused-ring (bicyclic) bond motifs is 12. The number of halogens is 12. The van der Waals surface area contributed by atoms with Crippen LogP contribution in [0.15, 0.2) is 170 Å². The third-order valence-electron chi connectivity index (χ3n) is 24.5. The molecule has 8 aliphatic carbocycles. The Hall–Kier alpha value is -15.8.